The van der Waals surface area contributed by atoms with Gasteiger partial charge in [-0.15, -0.1) is 0 Å². The zero-order chi connectivity index (χ0) is 23.4. The van der Waals surface area contributed by atoms with Gasteiger partial charge in [-0.25, -0.2) is 0 Å². The van der Waals surface area contributed by atoms with Gasteiger partial charge in [0.05, 0.1) is 7.11 Å². The van der Waals surface area contributed by atoms with Gasteiger partial charge in [0.2, 0.25) is 0 Å². The first kappa shape index (κ1) is 21.1. The summed E-state index contributed by atoms with van der Waals surface area (Å²) in [5, 5.41) is 11.7. The summed E-state index contributed by atoms with van der Waals surface area (Å²) in [5.74, 6) is 3.47. The smallest absolute Gasteiger partial charge is 0.161 e. The number of aromatic hydroxyl groups is 1. The summed E-state index contributed by atoms with van der Waals surface area (Å²) in [5.41, 5.74) is 4.57. The molecule has 0 unspecified atom stereocenters. The van der Waals surface area contributed by atoms with E-state index in [2.05, 4.69) is 46.2 Å². The molecule has 0 radical (unpaired) electrons. The standard InChI is InChI=1S/C31H38N2O2/c1-35-25-10-9-22-15-26-30-12-11-24-27(23(16-30)19-33(24)18-20-5-3-2-4-6-20)31(30,28(22)29(25)34)13-14-32(26)17-21-7-8-21/h2-6,9-10,21,23-24,26-27,34H,7-8,11-19H2,1H3/t23-,24-,26-,27-,30-,31-/m1/s1. The molecule has 2 heterocycles. The van der Waals surface area contributed by atoms with Crippen LogP contribution in [0.2, 0.25) is 0 Å². The molecule has 2 aromatic rings. The molecule has 3 saturated carbocycles. The van der Waals surface area contributed by atoms with E-state index in [9.17, 15) is 5.11 Å². The van der Waals surface area contributed by atoms with E-state index in [0.717, 1.165) is 24.8 Å². The van der Waals surface area contributed by atoms with Crippen molar-refractivity contribution in [2.24, 2.45) is 23.2 Å². The van der Waals surface area contributed by atoms with Gasteiger partial charge in [0.1, 0.15) is 0 Å². The SMILES string of the molecule is COc1ccc2c(c1O)[C@]13CCN(CC4CC4)[C@H](C2)[C@]12CC[C@@H]1[C@H]3[C@@H](CN1Cc1ccccc1)C2. The number of benzene rings is 2. The number of piperidine rings is 1. The number of hydrogen-bond acceptors (Lipinski definition) is 4. The van der Waals surface area contributed by atoms with E-state index < -0.39 is 0 Å². The second-order valence-corrected chi connectivity index (χ2v) is 12.7. The van der Waals surface area contributed by atoms with Gasteiger partial charge >= 0.3 is 0 Å². The lowest BCUT2D eigenvalue weighted by atomic mass is 9.43. The quantitative estimate of drug-likeness (QED) is 0.669. The van der Waals surface area contributed by atoms with Crippen molar-refractivity contribution >= 4 is 0 Å². The average Bonchev–Trinajstić information content (AvgIpc) is 3.58. The van der Waals surface area contributed by atoms with E-state index in [1.165, 1.54) is 74.8 Å². The molecule has 0 amide bonds. The van der Waals surface area contributed by atoms with Gasteiger partial charge in [-0.1, -0.05) is 36.4 Å². The van der Waals surface area contributed by atoms with E-state index in [0.29, 0.717) is 34.9 Å². The Labute approximate surface area is 209 Å². The van der Waals surface area contributed by atoms with Gasteiger partial charge in [0, 0.05) is 42.7 Å². The maximum Gasteiger partial charge on any atom is 0.161 e. The summed E-state index contributed by atoms with van der Waals surface area (Å²) >= 11 is 0. The highest BCUT2D eigenvalue weighted by Crippen LogP contribution is 2.76. The first-order chi connectivity index (χ1) is 17.1. The molecule has 184 valence electrons. The van der Waals surface area contributed by atoms with Crippen molar-refractivity contribution in [3.8, 4) is 11.5 Å². The molecule has 2 saturated heterocycles. The van der Waals surface area contributed by atoms with Gasteiger partial charge in [0.15, 0.2) is 11.5 Å². The van der Waals surface area contributed by atoms with Gasteiger partial charge in [0.25, 0.3) is 0 Å². The minimum absolute atomic E-state index is 0.100. The van der Waals surface area contributed by atoms with Crippen LogP contribution < -0.4 is 4.74 Å². The Balaban J connectivity index is 1.26. The van der Waals surface area contributed by atoms with Crippen molar-refractivity contribution in [2.75, 3.05) is 26.7 Å². The minimum Gasteiger partial charge on any atom is -0.504 e. The zero-order valence-electron chi connectivity index (χ0n) is 21.0. The highest BCUT2D eigenvalue weighted by Gasteiger charge is 2.76. The molecular formula is C31H38N2O2. The number of likely N-dealkylation sites (tertiary alicyclic amines) is 2. The number of nitrogens with zero attached hydrogens (tertiary/aromatic N) is 2. The number of fused-ring (bicyclic) bond motifs is 1. The Morgan fingerprint density at radius 3 is 2.69 bits per heavy atom. The maximum absolute atomic E-state index is 11.7. The van der Waals surface area contributed by atoms with Crippen LogP contribution in [-0.4, -0.2) is 53.7 Å². The third-order valence-electron chi connectivity index (χ3n) is 11.4. The zero-order valence-corrected chi connectivity index (χ0v) is 21.0. The molecule has 4 bridgehead atoms. The van der Waals surface area contributed by atoms with Crippen LogP contribution in [0.5, 0.6) is 11.5 Å². The number of ether oxygens (including phenoxy) is 1. The van der Waals surface area contributed by atoms with Gasteiger partial charge in [-0.2, -0.15) is 0 Å². The van der Waals surface area contributed by atoms with Gasteiger partial charge < -0.3 is 9.84 Å². The first-order valence-electron chi connectivity index (χ1n) is 14.1. The van der Waals surface area contributed by atoms with Crippen LogP contribution in [0.3, 0.4) is 0 Å². The van der Waals surface area contributed by atoms with E-state index in [1.807, 2.05) is 6.07 Å². The fourth-order valence-corrected chi connectivity index (χ4v) is 10.3. The molecule has 35 heavy (non-hydrogen) atoms. The average molecular weight is 471 g/mol. The highest BCUT2D eigenvalue weighted by atomic mass is 16.5. The Hall–Kier alpha value is -2.04. The minimum atomic E-state index is 0.100. The molecule has 2 aromatic carbocycles. The molecule has 5 fully saturated rings. The molecule has 4 heteroatoms. The topological polar surface area (TPSA) is 35.9 Å². The van der Waals surface area contributed by atoms with E-state index in [1.54, 1.807) is 7.11 Å². The number of phenolic OH excluding ortho intramolecular Hbond substituents is 1. The summed E-state index contributed by atoms with van der Waals surface area (Å²) in [6.45, 7) is 4.80. The summed E-state index contributed by atoms with van der Waals surface area (Å²) < 4.78 is 5.69. The normalized spacial score (nSPS) is 39.3. The summed E-state index contributed by atoms with van der Waals surface area (Å²) in [4.78, 5) is 5.74. The second kappa shape index (κ2) is 7.26. The summed E-state index contributed by atoms with van der Waals surface area (Å²) in [6, 6.07) is 16.7. The summed E-state index contributed by atoms with van der Waals surface area (Å²) in [7, 11) is 1.71. The molecule has 4 aliphatic carbocycles. The molecule has 6 aliphatic rings. The molecular weight excluding hydrogens is 432 g/mol. The van der Waals surface area contributed by atoms with E-state index in [-0.39, 0.29) is 5.41 Å². The highest BCUT2D eigenvalue weighted by molar-refractivity contribution is 5.59. The molecule has 8 rings (SSSR count). The van der Waals surface area contributed by atoms with Crippen molar-refractivity contribution < 1.29 is 9.84 Å². The Bertz CT molecular complexity index is 1160. The fraction of sp³-hybridized carbons (Fsp3) is 0.613. The number of hydrogen-bond donors (Lipinski definition) is 1. The largest absolute Gasteiger partial charge is 0.504 e. The van der Waals surface area contributed by atoms with Crippen LogP contribution in [0.4, 0.5) is 0 Å². The monoisotopic (exact) mass is 470 g/mol. The number of rotatable bonds is 5. The van der Waals surface area contributed by atoms with E-state index in [4.69, 9.17) is 4.74 Å². The molecule has 1 N–H and O–H groups in total. The Morgan fingerprint density at radius 1 is 1.03 bits per heavy atom. The first-order valence-corrected chi connectivity index (χ1v) is 14.1. The van der Waals surface area contributed by atoms with Crippen LogP contribution in [0, 0.1) is 23.2 Å². The molecule has 0 spiro atoms. The molecule has 6 atom stereocenters. The predicted molar refractivity (Wildman–Crippen MR) is 137 cm³/mol. The van der Waals surface area contributed by atoms with Gasteiger partial charge in [-0.05, 0) is 91.9 Å². The van der Waals surface area contributed by atoms with Crippen molar-refractivity contribution in [3.05, 3.63) is 59.2 Å². The van der Waals surface area contributed by atoms with Crippen LogP contribution >= 0.6 is 0 Å². The van der Waals surface area contributed by atoms with E-state index >= 15 is 0 Å². The van der Waals surface area contributed by atoms with Crippen molar-refractivity contribution in [3.63, 3.8) is 0 Å². The number of methoxy groups -OCH3 is 1. The van der Waals surface area contributed by atoms with Crippen LogP contribution in [0.15, 0.2) is 42.5 Å². The van der Waals surface area contributed by atoms with Crippen molar-refractivity contribution in [1.82, 2.24) is 9.80 Å². The lowest BCUT2D eigenvalue weighted by Crippen LogP contribution is -2.69. The Kier molecular flexibility index (Phi) is 4.37. The van der Waals surface area contributed by atoms with Crippen molar-refractivity contribution in [1.29, 1.82) is 0 Å². The molecule has 2 aliphatic heterocycles. The Morgan fingerprint density at radius 2 is 1.89 bits per heavy atom. The third kappa shape index (κ3) is 2.65. The van der Waals surface area contributed by atoms with Crippen LogP contribution in [0.1, 0.15) is 55.2 Å². The fourth-order valence-electron chi connectivity index (χ4n) is 10.3. The summed E-state index contributed by atoms with van der Waals surface area (Å²) in [6.07, 6.45) is 9.16. The predicted octanol–water partition coefficient (Wildman–Crippen LogP) is 4.98. The van der Waals surface area contributed by atoms with Crippen molar-refractivity contribution in [2.45, 2.75) is 69.0 Å². The maximum atomic E-state index is 11.7. The van der Waals surface area contributed by atoms with Crippen LogP contribution in [-0.2, 0) is 18.4 Å². The van der Waals surface area contributed by atoms with Crippen LogP contribution in [0.25, 0.3) is 0 Å². The third-order valence-corrected chi connectivity index (χ3v) is 11.4. The number of phenols is 1. The lowest BCUT2D eigenvalue weighted by Gasteiger charge is -2.66. The second-order valence-electron chi connectivity index (χ2n) is 12.7. The lowest BCUT2D eigenvalue weighted by molar-refractivity contribution is -0.106. The molecule has 0 aromatic heterocycles. The molecule has 4 nitrogen and oxygen atoms in total. The van der Waals surface area contributed by atoms with Gasteiger partial charge in [-0.3, -0.25) is 9.80 Å².